The fraction of sp³-hybridized carbons (Fsp3) is 0.400. The molecule has 0 fully saturated rings. The van der Waals surface area contributed by atoms with Crippen LogP contribution < -0.4 is 10.5 Å². The standard InChI is InChI=1S/C10H14BrNO2/c1-14-9-4-2-3-7(10(9)11)8(13)5-6-12/h2-4,8,13H,5-6,12H2,1H3/t8-/m1/s1. The summed E-state index contributed by atoms with van der Waals surface area (Å²) in [5.41, 5.74) is 6.20. The van der Waals surface area contributed by atoms with E-state index in [1.807, 2.05) is 18.2 Å². The lowest BCUT2D eigenvalue weighted by Gasteiger charge is -2.13. The van der Waals surface area contributed by atoms with Gasteiger partial charge in [-0.3, -0.25) is 0 Å². The summed E-state index contributed by atoms with van der Waals surface area (Å²) in [5.74, 6) is 0.721. The molecule has 3 N–H and O–H groups in total. The second-order valence-electron chi connectivity index (χ2n) is 2.96. The molecule has 1 rings (SSSR count). The van der Waals surface area contributed by atoms with Gasteiger partial charge in [0.1, 0.15) is 5.75 Å². The minimum atomic E-state index is -0.538. The van der Waals surface area contributed by atoms with Gasteiger partial charge in [0.05, 0.1) is 17.7 Å². The van der Waals surface area contributed by atoms with Gasteiger partial charge in [0.15, 0.2) is 0 Å². The number of rotatable bonds is 4. The summed E-state index contributed by atoms with van der Waals surface area (Å²) in [5, 5.41) is 9.76. The SMILES string of the molecule is COc1cccc([C@H](O)CCN)c1Br. The molecule has 0 amide bonds. The third-order valence-corrected chi connectivity index (χ3v) is 2.86. The van der Waals surface area contributed by atoms with Crippen LogP contribution in [-0.2, 0) is 0 Å². The topological polar surface area (TPSA) is 55.5 Å². The quantitative estimate of drug-likeness (QED) is 0.868. The van der Waals surface area contributed by atoms with E-state index in [1.165, 1.54) is 0 Å². The Labute approximate surface area is 92.0 Å². The molecule has 1 aromatic carbocycles. The molecule has 0 saturated heterocycles. The Morgan fingerprint density at radius 2 is 2.29 bits per heavy atom. The molecule has 0 aliphatic rings. The van der Waals surface area contributed by atoms with Crippen molar-refractivity contribution in [3.8, 4) is 5.75 Å². The monoisotopic (exact) mass is 259 g/mol. The highest BCUT2D eigenvalue weighted by Gasteiger charge is 2.13. The first kappa shape index (κ1) is 11.5. The average molecular weight is 260 g/mol. The van der Waals surface area contributed by atoms with Crippen molar-refractivity contribution in [2.24, 2.45) is 5.73 Å². The summed E-state index contributed by atoms with van der Waals surface area (Å²) in [6, 6.07) is 5.54. The fourth-order valence-electron chi connectivity index (χ4n) is 1.26. The van der Waals surface area contributed by atoms with Crippen LogP contribution in [-0.4, -0.2) is 18.8 Å². The van der Waals surface area contributed by atoms with E-state index in [0.717, 1.165) is 15.8 Å². The Kier molecular flexibility index (Phi) is 4.38. The van der Waals surface area contributed by atoms with Crippen molar-refractivity contribution in [1.82, 2.24) is 0 Å². The Bertz CT molecular complexity index is 304. The lowest BCUT2D eigenvalue weighted by molar-refractivity contribution is 0.169. The van der Waals surface area contributed by atoms with Gasteiger partial charge in [-0.15, -0.1) is 0 Å². The minimum absolute atomic E-state index is 0.463. The Hall–Kier alpha value is -0.580. The number of methoxy groups -OCH3 is 1. The summed E-state index contributed by atoms with van der Waals surface area (Å²) in [6.45, 7) is 0.463. The minimum Gasteiger partial charge on any atom is -0.496 e. The van der Waals surface area contributed by atoms with Crippen molar-refractivity contribution in [2.45, 2.75) is 12.5 Å². The van der Waals surface area contributed by atoms with Crippen molar-refractivity contribution in [3.63, 3.8) is 0 Å². The number of halogens is 1. The van der Waals surface area contributed by atoms with Gasteiger partial charge in [0.2, 0.25) is 0 Å². The lowest BCUT2D eigenvalue weighted by Crippen LogP contribution is -2.07. The van der Waals surface area contributed by atoms with E-state index in [-0.39, 0.29) is 0 Å². The smallest absolute Gasteiger partial charge is 0.133 e. The highest BCUT2D eigenvalue weighted by molar-refractivity contribution is 9.10. The molecule has 0 spiro atoms. The Morgan fingerprint density at radius 3 is 2.86 bits per heavy atom. The summed E-state index contributed by atoms with van der Waals surface area (Å²) in [4.78, 5) is 0. The van der Waals surface area contributed by atoms with E-state index in [4.69, 9.17) is 10.5 Å². The van der Waals surface area contributed by atoms with Crippen LogP contribution in [0, 0.1) is 0 Å². The zero-order valence-corrected chi connectivity index (χ0v) is 9.62. The number of nitrogens with two attached hydrogens (primary N) is 1. The van der Waals surface area contributed by atoms with Gasteiger partial charge in [0, 0.05) is 0 Å². The Morgan fingerprint density at radius 1 is 1.57 bits per heavy atom. The summed E-state index contributed by atoms with van der Waals surface area (Å²) >= 11 is 3.39. The van der Waals surface area contributed by atoms with E-state index < -0.39 is 6.10 Å². The third-order valence-electron chi connectivity index (χ3n) is 2.01. The number of benzene rings is 1. The normalized spacial score (nSPS) is 12.6. The van der Waals surface area contributed by atoms with Crippen molar-refractivity contribution >= 4 is 15.9 Å². The highest BCUT2D eigenvalue weighted by Crippen LogP contribution is 2.32. The molecule has 0 bridgehead atoms. The molecular formula is C10H14BrNO2. The summed E-state index contributed by atoms with van der Waals surface area (Å²) < 4.78 is 5.92. The van der Waals surface area contributed by atoms with Crippen molar-refractivity contribution in [3.05, 3.63) is 28.2 Å². The first-order valence-corrected chi connectivity index (χ1v) is 5.20. The van der Waals surface area contributed by atoms with Crippen molar-refractivity contribution in [2.75, 3.05) is 13.7 Å². The number of ether oxygens (including phenoxy) is 1. The molecule has 0 aliphatic heterocycles. The maximum absolute atomic E-state index is 9.76. The van der Waals surface area contributed by atoms with Crippen LogP contribution in [0.25, 0.3) is 0 Å². The fourth-order valence-corrected chi connectivity index (χ4v) is 1.95. The average Bonchev–Trinajstić information content (AvgIpc) is 2.18. The van der Waals surface area contributed by atoms with Gasteiger partial charge < -0.3 is 15.6 Å². The molecule has 0 aromatic heterocycles. The largest absolute Gasteiger partial charge is 0.496 e. The zero-order valence-electron chi connectivity index (χ0n) is 8.03. The van der Waals surface area contributed by atoms with Crippen LogP contribution in [0.15, 0.2) is 22.7 Å². The molecule has 0 radical (unpaired) electrons. The number of aliphatic hydroxyl groups excluding tert-OH is 1. The molecule has 14 heavy (non-hydrogen) atoms. The van der Waals surface area contributed by atoms with Gasteiger partial charge in [-0.25, -0.2) is 0 Å². The number of hydrogen-bond acceptors (Lipinski definition) is 3. The van der Waals surface area contributed by atoms with Crippen molar-refractivity contribution < 1.29 is 9.84 Å². The van der Waals surface area contributed by atoms with Gasteiger partial charge in [0.25, 0.3) is 0 Å². The van der Waals surface area contributed by atoms with Gasteiger partial charge in [-0.1, -0.05) is 12.1 Å². The third kappa shape index (κ3) is 2.47. The molecule has 1 aromatic rings. The molecule has 0 heterocycles. The second kappa shape index (κ2) is 5.34. The molecular weight excluding hydrogens is 246 g/mol. The maximum atomic E-state index is 9.76. The summed E-state index contributed by atoms with van der Waals surface area (Å²) in [7, 11) is 1.60. The predicted molar refractivity (Wildman–Crippen MR) is 59.3 cm³/mol. The molecule has 0 unspecified atom stereocenters. The molecule has 0 saturated carbocycles. The van der Waals surface area contributed by atoms with Gasteiger partial charge in [-0.05, 0) is 40.5 Å². The number of aliphatic hydroxyl groups is 1. The number of hydrogen-bond donors (Lipinski definition) is 2. The Balaban J connectivity index is 2.96. The van der Waals surface area contributed by atoms with Crippen LogP contribution in [0.5, 0.6) is 5.75 Å². The summed E-state index contributed by atoms with van der Waals surface area (Å²) in [6.07, 6.45) is 0.00987. The van der Waals surface area contributed by atoms with Crippen molar-refractivity contribution in [1.29, 1.82) is 0 Å². The van der Waals surface area contributed by atoms with E-state index in [1.54, 1.807) is 7.11 Å². The van der Waals surface area contributed by atoms with E-state index >= 15 is 0 Å². The molecule has 4 heteroatoms. The van der Waals surface area contributed by atoms with Gasteiger partial charge in [-0.2, -0.15) is 0 Å². The van der Waals surface area contributed by atoms with Crippen LogP contribution in [0.2, 0.25) is 0 Å². The predicted octanol–water partition coefficient (Wildman–Crippen LogP) is 1.84. The zero-order chi connectivity index (χ0) is 10.6. The molecule has 3 nitrogen and oxygen atoms in total. The van der Waals surface area contributed by atoms with Crippen LogP contribution in [0.4, 0.5) is 0 Å². The lowest BCUT2D eigenvalue weighted by atomic mass is 10.1. The first-order chi connectivity index (χ1) is 6.70. The van der Waals surface area contributed by atoms with Crippen LogP contribution >= 0.6 is 15.9 Å². The van der Waals surface area contributed by atoms with E-state index in [0.29, 0.717) is 13.0 Å². The second-order valence-corrected chi connectivity index (χ2v) is 3.75. The van der Waals surface area contributed by atoms with E-state index in [9.17, 15) is 5.11 Å². The van der Waals surface area contributed by atoms with Crippen LogP contribution in [0.1, 0.15) is 18.1 Å². The molecule has 1 atom stereocenters. The highest BCUT2D eigenvalue weighted by atomic mass is 79.9. The first-order valence-electron chi connectivity index (χ1n) is 4.41. The molecule has 78 valence electrons. The van der Waals surface area contributed by atoms with Crippen LogP contribution in [0.3, 0.4) is 0 Å². The van der Waals surface area contributed by atoms with E-state index in [2.05, 4.69) is 15.9 Å². The molecule has 0 aliphatic carbocycles. The maximum Gasteiger partial charge on any atom is 0.133 e. The van der Waals surface area contributed by atoms with Gasteiger partial charge >= 0.3 is 0 Å².